The van der Waals surface area contributed by atoms with Crippen LogP contribution in [0.3, 0.4) is 0 Å². The summed E-state index contributed by atoms with van der Waals surface area (Å²) < 4.78 is 89.5. The second kappa shape index (κ2) is 12.2. The zero-order valence-corrected chi connectivity index (χ0v) is 23.6. The lowest BCUT2D eigenvalue weighted by Gasteiger charge is -2.37. The highest BCUT2D eigenvalue weighted by atomic mass is 19.4. The van der Waals surface area contributed by atoms with E-state index in [-0.39, 0.29) is 49.7 Å². The zero-order chi connectivity index (χ0) is 34.2. The van der Waals surface area contributed by atoms with Gasteiger partial charge >= 0.3 is 24.3 Å². The molecule has 4 atom stereocenters. The van der Waals surface area contributed by atoms with Crippen molar-refractivity contribution in [2.75, 3.05) is 0 Å². The number of Topliss-reactive ketones (excluding diaryl/α,β-unsaturated/α-hetero) is 2. The van der Waals surface area contributed by atoms with Crippen LogP contribution in [0.4, 0.5) is 26.3 Å². The van der Waals surface area contributed by atoms with Crippen LogP contribution in [-0.2, 0) is 52.1 Å². The van der Waals surface area contributed by atoms with E-state index in [1.54, 1.807) is 0 Å². The highest BCUT2D eigenvalue weighted by molar-refractivity contribution is 6.30. The van der Waals surface area contributed by atoms with E-state index in [9.17, 15) is 56.0 Å². The summed E-state index contributed by atoms with van der Waals surface area (Å²) in [6, 6.07) is 7.55. The van der Waals surface area contributed by atoms with Gasteiger partial charge in [0.15, 0.2) is 23.8 Å². The molecule has 4 N–H and O–H groups in total. The molecule has 0 spiro atoms. The van der Waals surface area contributed by atoms with Gasteiger partial charge in [-0.3, -0.25) is 9.59 Å². The van der Waals surface area contributed by atoms with Crippen molar-refractivity contribution >= 4 is 23.5 Å². The van der Waals surface area contributed by atoms with Gasteiger partial charge in [-0.05, 0) is 73.9 Å². The standard InChI is InChI=1S/C30H24F6N4O6/c31-29(32,33)19-7-5-17(11-15(19)13-37)27(39)9-1-3-21(23(27)41)45-25(43)26(44)46-22-4-2-10-28(40,24(22)42)18-6-8-20(30(34,35)36)16(12-18)14-38/h5-8,11-12,21-22H,1-4,9-10,39-40H2. The van der Waals surface area contributed by atoms with Crippen LogP contribution in [0, 0.1) is 22.7 Å². The number of nitriles is 2. The van der Waals surface area contributed by atoms with Crippen molar-refractivity contribution in [1.29, 1.82) is 10.5 Å². The maximum Gasteiger partial charge on any atom is 0.418 e. The van der Waals surface area contributed by atoms with Gasteiger partial charge in [-0.1, -0.05) is 12.1 Å². The van der Waals surface area contributed by atoms with E-state index < -0.39 is 81.4 Å². The first-order valence-corrected chi connectivity index (χ1v) is 13.7. The number of carbonyl (C=O) groups excluding carboxylic acids is 4. The van der Waals surface area contributed by atoms with Crippen LogP contribution in [0.15, 0.2) is 36.4 Å². The molecule has 4 rings (SSSR count). The summed E-state index contributed by atoms with van der Waals surface area (Å²) in [6.45, 7) is 0. The molecule has 2 aliphatic rings. The fourth-order valence-electron chi connectivity index (χ4n) is 5.69. The third-order valence-electron chi connectivity index (χ3n) is 8.13. The number of ketones is 2. The lowest BCUT2D eigenvalue weighted by molar-refractivity contribution is -0.179. The van der Waals surface area contributed by atoms with Crippen LogP contribution in [0.1, 0.15) is 71.9 Å². The monoisotopic (exact) mass is 650 g/mol. The maximum absolute atomic E-state index is 13.3. The van der Waals surface area contributed by atoms with Gasteiger partial charge in [0.25, 0.3) is 0 Å². The molecule has 10 nitrogen and oxygen atoms in total. The van der Waals surface area contributed by atoms with Gasteiger partial charge in [0.05, 0.1) is 34.4 Å². The predicted octanol–water partition coefficient (Wildman–Crippen LogP) is 3.81. The molecule has 2 aromatic rings. The molecule has 242 valence electrons. The summed E-state index contributed by atoms with van der Waals surface area (Å²) in [6.07, 6.45) is -13.0. The van der Waals surface area contributed by atoms with Crippen LogP contribution in [0.2, 0.25) is 0 Å². The molecule has 2 aromatic carbocycles. The topological polar surface area (TPSA) is 186 Å². The van der Waals surface area contributed by atoms with Crippen molar-refractivity contribution in [3.8, 4) is 12.1 Å². The van der Waals surface area contributed by atoms with Gasteiger partial charge in [-0.2, -0.15) is 36.9 Å². The summed E-state index contributed by atoms with van der Waals surface area (Å²) in [5.74, 6) is -5.27. The average Bonchev–Trinajstić information content (AvgIpc) is 3.00. The first-order chi connectivity index (χ1) is 21.4. The van der Waals surface area contributed by atoms with E-state index in [0.717, 1.165) is 24.3 Å². The minimum atomic E-state index is -4.85. The summed E-state index contributed by atoms with van der Waals surface area (Å²) in [5.41, 5.74) is 4.29. The highest BCUT2D eigenvalue weighted by Crippen LogP contribution is 2.39. The first-order valence-electron chi connectivity index (χ1n) is 13.7. The van der Waals surface area contributed by atoms with Crippen LogP contribution in [0.25, 0.3) is 0 Å². The molecule has 2 fully saturated rings. The number of benzene rings is 2. The first kappa shape index (κ1) is 34.1. The van der Waals surface area contributed by atoms with Gasteiger partial charge < -0.3 is 20.9 Å². The number of ether oxygens (including phenoxy) is 2. The number of hydrogen-bond donors (Lipinski definition) is 2. The van der Waals surface area contributed by atoms with E-state index in [0.29, 0.717) is 12.1 Å². The Hall–Kier alpha value is -4.80. The molecule has 0 amide bonds. The Labute approximate surface area is 256 Å². The molecule has 2 aliphatic carbocycles. The quantitative estimate of drug-likeness (QED) is 0.280. The smallest absolute Gasteiger partial charge is 0.418 e. The summed E-state index contributed by atoms with van der Waals surface area (Å²) >= 11 is 0. The molecule has 0 heterocycles. The summed E-state index contributed by atoms with van der Waals surface area (Å²) in [5, 5.41) is 18.4. The molecular formula is C30H24F6N4O6. The van der Waals surface area contributed by atoms with Crippen LogP contribution < -0.4 is 11.5 Å². The van der Waals surface area contributed by atoms with Crippen molar-refractivity contribution in [1.82, 2.24) is 0 Å². The lowest BCUT2D eigenvalue weighted by atomic mass is 9.74. The Bertz CT molecular complexity index is 1570. The Morgan fingerprint density at radius 2 is 1.07 bits per heavy atom. The number of halogens is 6. The lowest BCUT2D eigenvalue weighted by Crippen LogP contribution is -2.55. The maximum atomic E-state index is 13.3. The summed E-state index contributed by atoms with van der Waals surface area (Å²) in [7, 11) is 0. The predicted molar refractivity (Wildman–Crippen MR) is 142 cm³/mol. The molecule has 2 saturated carbocycles. The highest BCUT2D eigenvalue weighted by Gasteiger charge is 2.49. The fraction of sp³-hybridized carbons (Fsp3) is 0.400. The Kier molecular flexibility index (Phi) is 9.03. The molecule has 16 heteroatoms. The van der Waals surface area contributed by atoms with Gasteiger partial charge in [-0.25, -0.2) is 9.59 Å². The Balaban J connectivity index is 1.48. The molecule has 0 aliphatic heterocycles. The fourth-order valence-corrected chi connectivity index (χ4v) is 5.69. The van der Waals surface area contributed by atoms with Crippen molar-refractivity contribution in [2.45, 2.75) is 74.2 Å². The Morgan fingerprint density at radius 1 is 0.717 bits per heavy atom. The summed E-state index contributed by atoms with van der Waals surface area (Å²) in [4.78, 5) is 51.9. The van der Waals surface area contributed by atoms with Crippen molar-refractivity contribution in [3.05, 3.63) is 69.8 Å². The van der Waals surface area contributed by atoms with E-state index in [2.05, 4.69) is 0 Å². The molecular weight excluding hydrogens is 626 g/mol. The number of nitrogens with zero attached hydrogens (tertiary/aromatic N) is 2. The normalized spacial score (nSPS) is 25.3. The number of hydrogen-bond acceptors (Lipinski definition) is 10. The third-order valence-corrected chi connectivity index (χ3v) is 8.13. The zero-order valence-electron chi connectivity index (χ0n) is 23.6. The number of carbonyl (C=O) groups is 4. The number of rotatable bonds is 4. The number of nitrogens with two attached hydrogens (primary N) is 2. The number of alkyl halides is 6. The molecule has 0 saturated heterocycles. The SMILES string of the molecule is N#Cc1cc(C2(N)CCCC(OC(=O)C(=O)OC3CCCC(N)(c4ccc(C(F)(F)F)c(C#N)c4)C3=O)C2=O)ccc1C(F)(F)F. The molecule has 0 bridgehead atoms. The second-order valence-electron chi connectivity index (χ2n) is 11.0. The minimum absolute atomic E-state index is 0.0762. The minimum Gasteiger partial charge on any atom is -0.446 e. The molecule has 46 heavy (non-hydrogen) atoms. The van der Waals surface area contributed by atoms with E-state index in [4.69, 9.17) is 20.9 Å². The van der Waals surface area contributed by atoms with Gasteiger partial charge in [0.1, 0.15) is 11.1 Å². The van der Waals surface area contributed by atoms with Crippen molar-refractivity contribution in [2.24, 2.45) is 11.5 Å². The molecule has 0 radical (unpaired) electrons. The third kappa shape index (κ3) is 6.31. The van der Waals surface area contributed by atoms with E-state index >= 15 is 0 Å². The molecule has 0 aromatic heterocycles. The van der Waals surface area contributed by atoms with Crippen LogP contribution >= 0.6 is 0 Å². The van der Waals surface area contributed by atoms with E-state index in [1.165, 1.54) is 12.1 Å². The average molecular weight is 651 g/mol. The van der Waals surface area contributed by atoms with Gasteiger partial charge in [0, 0.05) is 0 Å². The molecule has 4 unspecified atom stereocenters. The van der Waals surface area contributed by atoms with E-state index in [1.807, 2.05) is 0 Å². The van der Waals surface area contributed by atoms with Gasteiger partial charge in [-0.15, -0.1) is 0 Å². The largest absolute Gasteiger partial charge is 0.446 e. The Morgan fingerprint density at radius 3 is 1.37 bits per heavy atom. The number of esters is 2. The van der Waals surface area contributed by atoms with Crippen LogP contribution in [-0.4, -0.2) is 35.7 Å². The van der Waals surface area contributed by atoms with Crippen molar-refractivity contribution < 1.29 is 55.0 Å². The van der Waals surface area contributed by atoms with Gasteiger partial charge in [0.2, 0.25) is 0 Å². The second-order valence-corrected chi connectivity index (χ2v) is 11.0. The van der Waals surface area contributed by atoms with Crippen molar-refractivity contribution in [3.63, 3.8) is 0 Å². The van der Waals surface area contributed by atoms with Crippen LogP contribution in [0.5, 0.6) is 0 Å².